The number of aromatic nitrogens is 2. The number of imidazole rings is 1. The third-order valence-corrected chi connectivity index (χ3v) is 9.71. The van der Waals surface area contributed by atoms with Crippen LogP contribution in [0.4, 0.5) is 0 Å². The van der Waals surface area contributed by atoms with Crippen LogP contribution in [0.3, 0.4) is 0 Å². The summed E-state index contributed by atoms with van der Waals surface area (Å²) in [5.41, 5.74) is 5.41. The number of carbonyl (C=O) groups excluding carboxylic acids is 1. The normalized spacial score (nSPS) is 16.4. The lowest BCUT2D eigenvalue weighted by Gasteiger charge is -2.20. The van der Waals surface area contributed by atoms with E-state index in [2.05, 4.69) is 22.1 Å². The summed E-state index contributed by atoms with van der Waals surface area (Å²) in [6, 6.07) is 18.6. The van der Waals surface area contributed by atoms with Gasteiger partial charge < -0.3 is 14.6 Å². The Kier molecular flexibility index (Phi) is 5.99. The molecule has 0 atom stereocenters. The summed E-state index contributed by atoms with van der Waals surface area (Å²) in [6.45, 7) is 3.19. The SMILES string of the molecule is Cc1nc2ccc(-c3ccc4c(c3)CN(C(=O)c3ccc(S(=O)(=O)C5CCCC5)cc3)CCO4)cc2[nH]1. The number of hydrogen-bond acceptors (Lipinski definition) is 5. The first kappa shape index (κ1) is 23.7. The Labute approximate surface area is 216 Å². The van der Waals surface area contributed by atoms with Crippen molar-refractivity contribution in [1.29, 1.82) is 0 Å². The minimum absolute atomic E-state index is 0.138. The Hall–Kier alpha value is -3.65. The molecule has 3 aromatic carbocycles. The molecule has 2 aliphatic rings. The summed E-state index contributed by atoms with van der Waals surface area (Å²) >= 11 is 0. The second kappa shape index (κ2) is 9.34. The van der Waals surface area contributed by atoms with Crippen LogP contribution in [0.25, 0.3) is 22.2 Å². The van der Waals surface area contributed by atoms with Crippen molar-refractivity contribution in [3.63, 3.8) is 0 Å². The monoisotopic (exact) mass is 515 g/mol. The molecule has 0 bridgehead atoms. The van der Waals surface area contributed by atoms with Crippen molar-refractivity contribution in [2.45, 2.75) is 49.3 Å². The topological polar surface area (TPSA) is 92.4 Å². The number of benzene rings is 3. The van der Waals surface area contributed by atoms with Crippen LogP contribution in [0.5, 0.6) is 5.75 Å². The van der Waals surface area contributed by atoms with Crippen LogP contribution in [0, 0.1) is 6.92 Å². The van der Waals surface area contributed by atoms with Crippen molar-refractivity contribution in [3.05, 3.63) is 77.6 Å². The van der Waals surface area contributed by atoms with Crippen LogP contribution < -0.4 is 4.74 Å². The van der Waals surface area contributed by atoms with Gasteiger partial charge in [0.15, 0.2) is 9.84 Å². The molecule has 1 amide bonds. The maximum absolute atomic E-state index is 13.4. The molecule has 0 unspecified atom stereocenters. The summed E-state index contributed by atoms with van der Waals surface area (Å²) < 4.78 is 31.8. The molecule has 8 heteroatoms. The highest BCUT2D eigenvalue weighted by molar-refractivity contribution is 7.92. The molecule has 2 heterocycles. The summed E-state index contributed by atoms with van der Waals surface area (Å²) in [5, 5.41) is -0.305. The molecule has 1 aliphatic carbocycles. The number of ether oxygens (including phenoxy) is 1. The summed E-state index contributed by atoms with van der Waals surface area (Å²) in [4.78, 5) is 23.2. The maximum Gasteiger partial charge on any atom is 0.254 e. The molecular weight excluding hydrogens is 486 g/mol. The first-order valence-electron chi connectivity index (χ1n) is 12.7. The third kappa shape index (κ3) is 4.50. The van der Waals surface area contributed by atoms with Crippen molar-refractivity contribution in [1.82, 2.24) is 14.9 Å². The fraction of sp³-hybridized carbons (Fsp3) is 0.310. The minimum Gasteiger partial charge on any atom is -0.491 e. The Morgan fingerprint density at radius 2 is 1.73 bits per heavy atom. The standard InChI is InChI=1S/C29H29N3O4S/c1-19-30-26-12-8-22(17-27(26)31-19)21-9-13-28-23(16-21)18-32(14-15-36-28)29(33)20-6-10-25(11-7-20)37(34,35)24-4-2-3-5-24/h6-13,16-17,24H,2-5,14-15,18H2,1H3,(H,30,31). The molecule has 1 fully saturated rings. The lowest BCUT2D eigenvalue weighted by molar-refractivity contribution is 0.0733. The highest BCUT2D eigenvalue weighted by Gasteiger charge is 2.30. The van der Waals surface area contributed by atoms with E-state index in [1.165, 1.54) is 0 Å². The van der Waals surface area contributed by atoms with Crippen molar-refractivity contribution >= 4 is 26.8 Å². The van der Waals surface area contributed by atoms with Gasteiger partial charge in [-0.15, -0.1) is 0 Å². The molecule has 7 nitrogen and oxygen atoms in total. The molecule has 6 rings (SSSR count). The second-order valence-electron chi connectivity index (χ2n) is 9.93. The van der Waals surface area contributed by atoms with E-state index in [0.717, 1.165) is 52.1 Å². The Balaban J connectivity index is 1.24. The van der Waals surface area contributed by atoms with Gasteiger partial charge in [0.1, 0.15) is 18.2 Å². The summed E-state index contributed by atoms with van der Waals surface area (Å²) in [6.07, 6.45) is 3.34. The number of aryl methyl sites for hydroxylation is 1. The number of amides is 1. The molecular formula is C29H29N3O4S. The van der Waals surface area contributed by atoms with Gasteiger partial charge in [0, 0.05) is 17.7 Å². The van der Waals surface area contributed by atoms with Crippen LogP contribution in [0.1, 0.15) is 47.4 Å². The molecule has 4 aromatic rings. The van der Waals surface area contributed by atoms with Gasteiger partial charge in [0.25, 0.3) is 5.91 Å². The molecule has 190 valence electrons. The highest BCUT2D eigenvalue weighted by atomic mass is 32.2. The van der Waals surface area contributed by atoms with Crippen molar-refractivity contribution in [3.8, 4) is 16.9 Å². The maximum atomic E-state index is 13.4. The van der Waals surface area contributed by atoms with Crippen molar-refractivity contribution < 1.29 is 17.9 Å². The fourth-order valence-electron chi connectivity index (χ4n) is 5.42. The predicted octanol–water partition coefficient (Wildman–Crippen LogP) is 5.29. The van der Waals surface area contributed by atoms with Crippen LogP contribution in [0.15, 0.2) is 65.6 Å². The number of rotatable bonds is 4. The fourth-order valence-corrected chi connectivity index (χ4v) is 7.28. The Morgan fingerprint density at radius 3 is 2.51 bits per heavy atom. The van der Waals surface area contributed by atoms with Crippen LogP contribution >= 0.6 is 0 Å². The predicted molar refractivity (Wildman–Crippen MR) is 142 cm³/mol. The van der Waals surface area contributed by atoms with E-state index in [4.69, 9.17) is 4.74 Å². The number of aromatic amines is 1. The third-order valence-electron chi connectivity index (χ3n) is 7.43. The van der Waals surface area contributed by atoms with Gasteiger partial charge in [-0.25, -0.2) is 13.4 Å². The number of nitrogens with zero attached hydrogens (tertiary/aromatic N) is 2. The van der Waals surface area contributed by atoms with Crippen molar-refractivity contribution in [2.24, 2.45) is 0 Å². The number of hydrogen-bond donors (Lipinski definition) is 1. The largest absolute Gasteiger partial charge is 0.491 e. The first-order valence-corrected chi connectivity index (χ1v) is 14.3. The van der Waals surface area contributed by atoms with Gasteiger partial charge in [-0.3, -0.25) is 4.79 Å². The lowest BCUT2D eigenvalue weighted by Crippen LogP contribution is -2.32. The molecule has 1 aromatic heterocycles. The van der Waals surface area contributed by atoms with E-state index < -0.39 is 9.84 Å². The molecule has 1 saturated carbocycles. The Bertz CT molecular complexity index is 1590. The van der Waals surface area contributed by atoms with Crippen LogP contribution in [-0.4, -0.2) is 47.6 Å². The van der Waals surface area contributed by atoms with E-state index >= 15 is 0 Å². The van der Waals surface area contributed by atoms with Crippen molar-refractivity contribution in [2.75, 3.05) is 13.2 Å². The zero-order valence-electron chi connectivity index (χ0n) is 20.7. The Morgan fingerprint density at radius 1 is 1.00 bits per heavy atom. The number of nitrogens with one attached hydrogen (secondary N) is 1. The van der Waals surface area contributed by atoms with Crippen LogP contribution in [-0.2, 0) is 16.4 Å². The molecule has 1 aliphatic heterocycles. The number of sulfone groups is 1. The van der Waals surface area contributed by atoms with E-state index in [-0.39, 0.29) is 11.2 Å². The van der Waals surface area contributed by atoms with Gasteiger partial charge in [-0.2, -0.15) is 0 Å². The van der Waals surface area contributed by atoms with E-state index in [9.17, 15) is 13.2 Å². The van der Waals surface area contributed by atoms with Gasteiger partial charge in [0.2, 0.25) is 0 Å². The molecule has 0 spiro atoms. The second-order valence-corrected chi connectivity index (χ2v) is 12.2. The highest BCUT2D eigenvalue weighted by Crippen LogP contribution is 2.32. The smallest absolute Gasteiger partial charge is 0.254 e. The molecule has 0 radical (unpaired) electrons. The lowest BCUT2D eigenvalue weighted by atomic mass is 10.0. The average molecular weight is 516 g/mol. The number of fused-ring (bicyclic) bond motifs is 2. The first-order chi connectivity index (χ1) is 17.9. The van der Waals surface area contributed by atoms with E-state index in [1.54, 1.807) is 29.2 Å². The van der Waals surface area contributed by atoms with Gasteiger partial charge >= 0.3 is 0 Å². The van der Waals surface area contributed by atoms with Gasteiger partial charge in [-0.1, -0.05) is 25.0 Å². The summed E-state index contributed by atoms with van der Waals surface area (Å²) in [5.74, 6) is 1.51. The average Bonchev–Trinajstić information content (AvgIpc) is 3.53. The van der Waals surface area contributed by atoms with Gasteiger partial charge in [0.05, 0.1) is 27.7 Å². The zero-order valence-corrected chi connectivity index (χ0v) is 21.6. The van der Waals surface area contributed by atoms with Gasteiger partial charge in [-0.05, 0) is 79.4 Å². The van der Waals surface area contributed by atoms with Crippen LogP contribution in [0.2, 0.25) is 0 Å². The molecule has 37 heavy (non-hydrogen) atoms. The van der Waals surface area contributed by atoms with E-state index in [0.29, 0.717) is 43.0 Å². The minimum atomic E-state index is -3.35. The summed E-state index contributed by atoms with van der Waals surface area (Å²) in [7, 11) is -3.35. The quantitative estimate of drug-likeness (QED) is 0.399. The number of carbonyl (C=O) groups is 1. The van der Waals surface area contributed by atoms with E-state index in [1.807, 2.05) is 31.2 Å². The zero-order chi connectivity index (χ0) is 25.6. The number of H-pyrrole nitrogens is 1. The molecule has 1 N–H and O–H groups in total. The molecule has 0 saturated heterocycles.